The molecule has 2 aromatic rings. The Morgan fingerprint density at radius 3 is 2.56 bits per heavy atom. The van der Waals surface area contributed by atoms with E-state index >= 15 is 0 Å². The molecule has 1 fully saturated rings. The largest absolute Gasteiger partial charge is 0.488 e. The maximum Gasteiger partial charge on any atom is 0.303 e. The molecule has 0 saturated heterocycles. The minimum atomic E-state index is -0.997. The van der Waals surface area contributed by atoms with E-state index in [0.717, 1.165) is 31.4 Å². The number of pyridine rings is 1. The van der Waals surface area contributed by atoms with Gasteiger partial charge in [0.25, 0.3) is 0 Å². The van der Waals surface area contributed by atoms with E-state index in [2.05, 4.69) is 4.98 Å². The van der Waals surface area contributed by atoms with Gasteiger partial charge in [0.15, 0.2) is 17.4 Å². The number of nitrogens with zero attached hydrogens (tertiary/aromatic N) is 1. The number of carboxylic acids is 1. The van der Waals surface area contributed by atoms with E-state index < -0.39 is 23.4 Å². The van der Waals surface area contributed by atoms with Crippen molar-refractivity contribution >= 4 is 17.6 Å². The van der Waals surface area contributed by atoms with Crippen molar-refractivity contribution in [3.05, 3.63) is 40.9 Å². The quantitative estimate of drug-likeness (QED) is 0.644. The number of hydrogen-bond acceptors (Lipinski definition) is 4. The second-order valence-corrected chi connectivity index (χ2v) is 6.68. The first-order valence-electron chi connectivity index (χ1n) is 8.61. The standard InChI is InChI=1S/C19H18ClF2NO4/c20-13-6-7-16(23-19(13)27-12-3-1-4-12)11-9-14(21)18(15(22)10-11)26-8-2-5-17(24)25/h6-7,9-10,12H,1-5,8H2,(H,24,25). The fraction of sp³-hybridized carbons (Fsp3) is 0.368. The number of halogens is 3. The van der Waals surface area contributed by atoms with Crippen LogP contribution in [0.25, 0.3) is 11.3 Å². The summed E-state index contributed by atoms with van der Waals surface area (Å²) in [5, 5.41) is 8.91. The van der Waals surface area contributed by atoms with Gasteiger partial charge in [-0.3, -0.25) is 4.79 Å². The molecule has 0 spiro atoms. The summed E-state index contributed by atoms with van der Waals surface area (Å²) >= 11 is 6.09. The lowest BCUT2D eigenvalue weighted by molar-refractivity contribution is -0.137. The lowest BCUT2D eigenvalue weighted by atomic mass is 9.96. The predicted octanol–water partition coefficient (Wildman–Crippen LogP) is 4.86. The highest BCUT2D eigenvalue weighted by molar-refractivity contribution is 6.31. The Hall–Kier alpha value is -2.41. The van der Waals surface area contributed by atoms with Crippen LogP contribution in [0.5, 0.6) is 11.6 Å². The van der Waals surface area contributed by atoms with E-state index in [1.165, 1.54) is 0 Å². The van der Waals surface area contributed by atoms with E-state index in [9.17, 15) is 13.6 Å². The highest BCUT2D eigenvalue weighted by Gasteiger charge is 2.22. The number of aliphatic carboxylic acids is 1. The molecule has 1 aromatic heterocycles. The fourth-order valence-electron chi connectivity index (χ4n) is 2.56. The number of aromatic nitrogens is 1. The number of carboxylic acid groups (broad SMARTS) is 1. The molecule has 1 aliphatic carbocycles. The van der Waals surface area contributed by atoms with E-state index in [1.54, 1.807) is 12.1 Å². The topological polar surface area (TPSA) is 68.7 Å². The highest BCUT2D eigenvalue weighted by atomic mass is 35.5. The third-order valence-corrected chi connectivity index (χ3v) is 4.51. The Bertz CT molecular complexity index is 819. The van der Waals surface area contributed by atoms with Crippen LogP contribution in [0.1, 0.15) is 32.1 Å². The van der Waals surface area contributed by atoms with Crippen LogP contribution in [0.3, 0.4) is 0 Å². The molecule has 3 rings (SSSR count). The van der Waals surface area contributed by atoms with E-state index in [1.807, 2.05) is 0 Å². The van der Waals surface area contributed by atoms with Gasteiger partial charge in [0.1, 0.15) is 11.1 Å². The normalized spacial score (nSPS) is 13.9. The van der Waals surface area contributed by atoms with Crippen LogP contribution in [0.2, 0.25) is 5.02 Å². The molecule has 0 radical (unpaired) electrons. The van der Waals surface area contributed by atoms with Crippen LogP contribution in [0.4, 0.5) is 8.78 Å². The number of hydrogen-bond donors (Lipinski definition) is 1. The minimum Gasteiger partial charge on any atom is -0.488 e. The van der Waals surface area contributed by atoms with Crippen molar-refractivity contribution in [1.82, 2.24) is 4.98 Å². The first kappa shape index (κ1) is 19.4. The molecule has 1 heterocycles. The zero-order chi connectivity index (χ0) is 19.4. The van der Waals surface area contributed by atoms with Crippen LogP contribution in [-0.2, 0) is 4.79 Å². The Morgan fingerprint density at radius 2 is 1.96 bits per heavy atom. The molecule has 0 bridgehead atoms. The summed E-state index contributed by atoms with van der Waals surface area (Å²) in [6.45, 7) is -0.0991. The lowest BCUT2D eigenvalue weighted by Crippen LogP contribution is -2.25. The number of carbonyl (C=O) groups is 1. The van der Waals surface area contributed by atoms with Gasteiger partial charge in [0.05, 0.1) is 12.3 Å². The fourth-order valence-corrected chi connectivity index (χ4v) is 2.71. The molecule has 0 unspecified atom stereocenters. The van der Waals surface area contributed by atoms with Gasteiger partial charge in [0.2, 0.25) is 5.88 Å². The summed E-state index contributed by atoms with van der Waals surface area (Å²) < 4.78 is 39.3. The molecule has 1 saturated carbocycles. The van der Waals surface area contributed by atoms with Crippen molar-refractivity contribution in [1.29, 1.82) is 0 Å². The van der Waals surface area contributed by atoms with Gasteiger partial charge >= 0.3 is 5.97 Å². The van der Waals surface area contributed by atoms with Crippen molar-refractivity contribution in [2.24, 2.45) is 0 Å². The number of rotatable bonds is 8. The highest BCUT2D eigenvalue weighted by Crippen LogP contribution is 2.33. The molecule has 27 heavy (non-hydrogen) atoms. The Morgan fingerprint density at radius 1 is 1.26 bits per heavy atom. The van der Waals surface area contributed by atoms with Crippen molar-refractivity contribution in [2.45, 2.75) is 38.2 Å². The molecule has 0 amide bonds. The lowest BCUT2D eigenvalue weighted by Gasteiger charge is -2.26. The molecule has 5 nitrogen and oxygen atoms in total. The van der Waals surface area contributed by atoms with Crippen LogP contribution >= 0.6 is 11.6 Å². The SMILES string of the molecule is O=C(O)CCCOc1c(F)cc(-c2ccc(Cl)c(OC3CCC3)n2)cc1F. The summed E-state index contributed by atoms with van der Waals surface area (Å²) in [6.07, 6.45) is 3.03. The summed E-state index contributed by atoms with van der Waals surface area (Å²) in [4.78, 5) is 14.7. The van der Waals surface area contributed by atoms with Gasteiger partial charge in [-0.05, 0) is 49.9 Å². The number of benzene rings is 1. The summed E-state index contributed by atoms with van der Waals surface area (Å²) in [6, 6.07) is 5.35. The second kappa shape index (κ2) is 8.52. The Balaban J connectivity index is 1.76. The first-order valence-corrected chi connectivity index (χ1v) is 8.99. The predicted molar refractivity (Wildman–Crippen MR) is 95.2 cm³/mol. The zero-order valence-electron chi connectivity index (χ0n) is 14.4. The van der Waals surface area contributed by atoms with Crippen LogP contribution < -0.4 is 9.47 Å². The molecule has 144 valence electrons. The van der Waals surface area contributed by atoms with Crippen LogP contribution in [-0.4, -0.2) is 28.8 Å². The van der Waals surface area contributed by atoms with Gasteiger partial charge < -0.3 is 14.6 Å². The van der Waals surface area contributed by atoms with Gasteiger partial charge in [-0.1, -0.05) is 11.6 Å². The van der Waals surface area contributed by atoms with Crippen LogP contribution in [0, 0.1) is 11.6 Å². The maximum atomic E-state index is 14.3. The molecule has 1 N–H and O–H groups in total. The summed E-state index contributed by atoms with van der Waals surface area (Å²) in [7, 11) is 0. The van der Waals surface area contributed by atoms with Gasteiger partial charge in [0, 0.05) is 12.0 Å². The molecular formula is C19H18ClF2NO4. The van der Waals surface area contributed by atoms with Gasteiger partial charge in [-0.15, -0.1) is 0 Å². The molecular weight excluding hydrogens is 380 g/mol. The van der Waals surface area contributed by atoms with Crippen molar-refractivity contribution in [3.63, 3.8) is 0 Å². The average molecular weight is 398 g/mol. The Kier molecular flexibility index (Phi) is 6.11. The minimum absolute atomic E-state index is 0.0697. The van der Waals surface area contributed by atoms with Crippen molar-refractivity contribution < 1.29 is 28.2 Å². The van der Waals surface area contributed by atoms with E-state index in [4.69, 9.17) is 26.2 Å². The molecule has 1 aliphatic rings. The summed E-state index contributed by atoms with van der Waals surface area (Å²) in [5.41, 5.74) is 0.543. The second-order valence-electron chi connectivity index (χ2n) is 6.27. The van der Waals surface area contributed by atoms with Crippen molar-refractivity contribution in [2.75, 3.05) is 6.61 Å². The Labute approximate surface area is 159 Å². The molecule has 0 atom stereocenters. The smallest absolute Gasteiger partial charge is 0.303 e. The van der Waals surface area contributed by atoms with Gasteiger partial charge in [-0.2, -0.15) is 0 Å². The van der Waals surface area contributed by atoms with Crippen LogP contribution in [0.15, 0.2) is 24.3 Å². The third kappa shape index (κ3) is 4.86. The summed E-state index contributed by atoms with van der Waals surface area (Å²) in [5.74, 6) is -3.07. The van der Waals surface area contributed by atoms with Gasteiger partial charge in [-0.25, -0.2) is 13.8 Å². The zero-order valence-corrected chi connectivity index (χ0v) is 15.1. The molecule has 1 aromatic carbocycles. The monoisotopic (exact) mass is 397 g/mol. The average Bonchev–Trinajstić information content (AvgIpc) is 2.57. The first-order chi connectivity index (χ1) is 12.9. The number of ether oxygens (including phenoxy) is 2. The third-order valence-electron chi connectivity index (χ3n) is 4.22. The molecule has 8 heteroatoms. The van der Waals surface area contributed by atoms with E-state index in [0.29, 0.717) is 10.7 Å². The van der Waals surface area contributed by atoms with E-state index in [-0.39, 0.29) is 37.0 Å². The maximum absolute atomic E-state index is 14.3. The van der Waals surface area contributed by atoms with Crippen molar-refractivity contribution in [3.8, 4) is 22.9 Å². The molecule has 0 aliphatic heterocycles.